The van der Waals surface area contributed by atoms with Crippen LogP contribution in [-0.4, -0.2) is 45.9 Å². The van der Waals surface area contributed by atoms with Crippen LogP contribution in [-0.2, 0) is 0 Å². The first-order valence-corrected chi connectivity index (χ1v) is 9.36. The highest BCUT2D eigenvalue weighted by Gasteiger charge is 2.33. The summed E-state index contributed by atoms with van der Waals surface area (Å²) >= 11 is 1.86. The van der Waals surface area contributed by atoms with Crippen LogP contribution in [0.2, 0.25) is 0 Å². The predicted octanol–water partition coefficient (Wildman–Crippen LogP) is 3.37. The van der Waals surface area contributed by atoms with Crippen molar-refractivity contribution in [3.63, 3.8) is 0 Å². The molecular weight excluding hydrogens is 334 g/mol. The number of fused-ring (bicyclic) bond motifs is 1. The number of hydrogen-bond acceptors (Lipinski definition) is 6. The molecule has 4 rings (SSSR count). The Kier molecular flexibility index (Phi) is 4.48. The summed E-state index contributed by atoms with van der Waals surface area (Å²) in [6.07, 6.45) is 9.57. The summed E-state index contributed by atoms with van der Waals surface area (Å²) in [6.45, 7) is 0. The van der Waals surface area contributed by atoms with Crippen molar-refractivity contribution < 1.29 is 4.74 Å². The number of methoxy groups -OCH3 is 1. The molecular formula is C18H21N5OS. The zero-order valence-corrected chi connectivity index (χ0v) is 15.2. The Labute approximate surface area is 151 Å². The van der Waals surface area contributed by atoms with E-state index < -0.39 is 0 Å². The largest absolute Gasteiger partial charge is 0.495 e. The van der Waals surface area contributed by atoms with E-state index in [2.05, 4.69) is 31.9 Å². The molecule has 0 atom stereocenters. The molecule has 0 bridgehead atoms. The van der Waals surface area contributed by atoms with Crippen LogP contribution in [0.1, 0.15) is 12.8 Å². The van der Waals surface area contributed by atoms with E-state index in [0.29, 0.717) is 6.04 Å². The Morgan fingerprint density at radius 2 is 2.20 bits per heavy atom. The number of hydrogen-bond donors (Lipinski definition) is 1. The number of nitrogens with zero attached hydrogens (tertiary/aromatic N) is 4. The monoisotopic (exact) mass is 355 g/mol. The van der Waals surface area contributed by atoms with Gasteiger partial charge < -0.3 is 14.6 Å². The molecule has 1 saturated carbocycles. The number of thioether (sulfide) groups is 1. The molecule has 25 heavy (non-hydrogen) atoms. The van der Waals surface area contributed by atoms with Crippen molar-refractivity contribution in [1.82, 2.24) is 19.9 Å². The summed E-state index contributed by atoms with van der Waals surface area (Å²) in [4.78, 5) is 19.6. The zero-order valence-electron chi connectivity index (χ0n) is 14.3. The summed E-state index contributed by atoms with van der Waals surface area (Å²) in [6, 6.07) is 4.63. The van der Waals surface area contributed by atoms with Crippen LogP contribution in [0.3, 0.4) is 0 Å². The summed E-state index contributed by atoms with van der Waals surface area (Å²) < 4.78 is 5.23. The third kappa shape index (κ3) is 3.28. The van der Waals surface area contributed by atoms with Gasteiger partial charge in [-0.25, -0.2) is 9.97 Å². The highest BCUT2D eigenvalue weighted by atomic mass is 32.2. The van der Waals surface area contributed by atoms with Crippen molar-refractivity contribution in [1.29, 1.82) is 0 Å². The minimum Gasteiger partial charge on any atom is -0.495 e. The highest BCUT2D eigenvalue weighted by molar-refractivity contribution is 7.99. The third-order valence-corrected chi connectivity index (χ3v) is 6.03. The summed E-state index contributed by atoms with van der Waals surface area (Å²) in [5, 5.41) is 1.09. The maximum absolute atomic E-state index is 5.23. The number of aromatic nitrogens is 4. The first kappa shape index (κ1) is 16.2. The van der Waals surface area contributed by atoms with Gasteiger partial charge in [-0.2, -0.15) is 0 Å². The van der Waals surface area contributed by atoms with Crippen molar-refractivity contribution >= 4 is 28.6 Å². The number of rotatable bonds is 6. The Morgan fingerprint density at radius 3 is 3.04 bits per heavy atom. The van der Waals surface area contributed by atoms with Gasteiger partial charge in [0.15, 0.2) is 0 Å². The lowest BCUT2D eigenvalue weighted by molar-refractivity contribution is 0.286. The maximum atomic E-state index is 5.23. The molecule has 0 unspecified atom stereocenters. The van der Waals surface area contributed by atoms with E-state index in [0.717, 1.165) is 34.3 Å². The van der Waals surface area contributed by atoms with Crippen molar-refractivity contribution in [2.75, 3.05) is 24.8 Å². The lowest BCUT2D eigenvalue weighted by Crippen LogP contribution is -2.43. The number of aromatic amines is 1. The van der Waals surface area contributed by atoms with E-state index in [1.165, 1.54) is 17.7 Å². The molecule has 0 saturated heterocycles. The van der Waals surface area contributed by atoms with Gasteiger partial charge >= 0.3 is 0 Å². The van der Waals surface area contributed by atoms with Gasteiger partial charge in [0.05, 0.1) is 18.7 Å². The average Bonchev–Trinajstić information content (AvgIpc) is 3.09. The minimum atomic E-state index is 0.544. The van der Waals surface area contributed by atoms with Crippen LogP contribution in [0, 0.1) is 5.92 Å². The summed E-state index contributed by atoms with van der Waals surface area (Å²) in [5.74, 6) is 3.67. The van der Waals surface area contributed by atoms with Gasteiger partial charge in [-0.05, 0) is 30.9 Å². The van der Waals surface area contributed by atoms with Gasteiger partial charge in [-0.15, -0.1) is 11.8 Å². The molecule has 0 aliphatic heterocycles. The van der Waals surface area contributed by atoms with Crippen molar-refractivity contribution in [3.05, 3.63) is 37.1 Å². The van der Waals surface area contributed by atoms with Crippen molar-refractivity contribution in [3.8, 4) is 5.75 Å². The van der Waals surface area contributed by atoms with E-state index >= 15 is 0 Å². The van der Waals surface area contributed by atoms with E-state index in [-0.39, 0.29) is 0 Å². The SMILES string of the molecule is COc1cncc(SCC2CC(N(C)c3ncnc4[nH]ccc34)C2)c1. The standard InChI is InChI=1S/C18H21N5OS/c1-23(18-16-3-4-20-17(16)21-11-22-18)13-5-12(6-13)10-25-15-7-14(24-2)8-19-9-15/h3-4,7-9,11-13H,5-6,10H2,1-2H3,(H,20,21,22). The Hall–Kier alpha value is -2.28. The van der Waals surface area contributed by atoms with Crippen molar-refractivity contribution in [2.24, 2.45) is 5.92 Å². The van der Waals surface area contributed by atoms with Gasteiger partial charge in [0.25, 0.3) is 0 Å². The molecule has 1 N–H and O–H groups in total. The first-order valence-electron chi connectivity index (χ1n) is 8.37. The first-order chi connectivity index (χ1) is 12.2. The second kappa shape index (κ2) is 6.92. The van der Waals surface area contributed by atoms with E-state index in [1.54, 1.807) is 19.6 Å². The van der Waals surface area contributed by atoms with E-state index in [9.17, 15) is 0 Å². The molecule has 6 nitrogen and oxygen atoms in total. The predicted molar refractivity (Wildman–Crippen MR) is 100 cm³/mol. The van der Waals surface area contributed by atoms with Crippen LogP contribution in [0.5, 0.6) is 5.75 Å². The summed E-state index contributed by atoms with van der Waals surface area (Å²) in [5.41, 5.74) is 0.897. The third-order valence-electron chi connectivity index (χ3n) is 4.84. The fourth-order valence-electron chi connectivity index (χ4n) is 3.27. The Morgan fingerprint density at radius 1 is 1.32 bits per heavy atom. The highest BCUT2D eigenvalue weighted by Crippen LogP contribution is 2.38. The van der Waals surface area contributed by atoms with Gasteiger partial charge in [0.2, 0.25) is 0 Å². The normalized spacial score (nSPS) is 19.6. The lowest BCUT2D eigenvalue weighted by atomic mass is 9.81. The summed E-state index contributed by atoms with van der Waals surface area (Å²) in [7, 11) is 3.81. The van der Waals surface area contributed by atoms with E-state index in [1.807, 2.05) is 36.3 Å². The number of anilines is 1. The lowest BCUT2D eigenvalue weighted by Gasteiger charge is -2.41. The van der Waals surface area contributed by atoms with Gasteiger partial charge in [-0.3, -0.25) is 4.98 Å². The zero-order chi connectivity index (χ0) is 17.2. The number of nitrogens with one attached hydrogen (secondary N) is 1. The number of ether oxygens (including phenoxy) is 1. The number of pyridine rings is 1. The number of H-pyrrole nitrogens is 1. The molecule has 130 valence electrons. The van der Waals surface area contributed by atoms with Crippen LogP contribution < -0.4 is 9.64 Å². The molecule has 3 aromatic heterocycles. The van der Waals surface area contributed by atoms with Crippen LogP contribution in [0.4, 0.5) is 5.82 Å². The van der Waals surface area contributed by atoms with Gasteiger partial charge in [0, 0.05) is 36.1 Å². The molecule has 3 heterocycles. The van der Waals surface area contributed by atoms with Gasteiger partial charge in [-0.1, -0.05) is 0 Å². The van der Waals surface area contributed by atoms with Crippen LogP contribution >= 0.6 is 11.8 Å². The fraction of sp³-hybridized carbons (Fsp3) is 0.389. The fourth-order valence-corrected chi connectivity index (χ4v) is 4.30. The molecule has 1 fully saturated rings. The molecule has 1 aliphatic rings. The van der Waals surface area contributed by atoms with Crippen LogP contribution in [0.25, 0.3) is 11.0 Å². The topological polar surface area (TPSA) is 66.9 Å². The molecule has 0 amide bonds. The maximum Gasteiger partial charge on any atom is 0.142 e. The van der Waals surface area contributed by atoms with Crippen LogP contribution in [0.15, 0.2) is 41.9 Å². The second-order valence-corrected chi connectivity index (χ2v) is 7.50. The van der Waals surface area contributed by atoms with Gasteiger partial charge in [0.1, 0.15) is 23.5 Å². The minimum absolute atomic E-state index is 0.544. The molecule has 7 heteroatoms. The smallest absolute Gasteiger partial charge is 0.142 e. The molecule has 0 spiro atoms. The Balaban J connectivity index is 1.33. The quantitative estimate of drug-likeness (QED) is 0.684. The van der Waals surface area contributed by atoms with Crippen molar-refractivity contribution in [2.45, 2.75) is 23.8 Å². The molecule has 0 radical (unpaired) electrons. The molecule has 0 aromatic carbocycles. The molecule has 3 aromatic rings. The Bertz CT molecular complexity index is 861. The molecule has 1 aliphatic carbocycles. The van der Waals surface area contributed by atoms with E-state index in [4.69, 9.17) is 4.74 Å². The average molecular weight is 355 g/mol. The second-order valence-electron chi connectivity index (χ2n) is 6.41.